The molecule has 0 aliphatic heterocycles. The van der Waals surface area contributed by atoms with E-state index < -0.39 is 5.97 Å². The zero-order chi connectivity index (χ0) is 18.8. The molecule has 1 fully saturated rings. The SMILES string of the molecule is COC(=O)c1cccc(C(=O)Nc2ccc(-c3n[nH]c(C4CC4)n3)cc2)c1. The highest BCUT2D eigenvalue weighted by Crippen LogP contribution is 2.38. The Morgan fingerprint density at radius 3 is 2.56 bits per heavy atom. The molecule has 0 unspecified atom stereocenters. The van der Waals surface area contributed by atoms with Crippen LogP contribution in [0.25, 0.3) is 11.4 Å². The Kier molecular flexibility index (Phi) is 4.42. The van der Waals surface area contributed by atoms with Gasteiger partial charge in [0.1, 0.15) is 5.82 Å². The molecular formula is C20H18N4O3. The van der Waals surface area contributed by atoms with Crippen LogP contribution in [0.5, 0.6) is 0 Å². The van der Waals surface area contributed by atoms with E-state index in [4.69, 9.17) is 0 Å². The summed E-state index contributed by atoms with van der Waals surface area (Å²) in [5, 5.41) is 10.1. The first-order valence-electron chi connectivity index (χ1n) is 8.66. The molecule has 136 valence electrons. The number of rotatable bonds is 5. The van der Waals surface area contributed by atoms with Gasteiger partial charge in [0.2, 0.25) is 0 Å². The lowest BCUT2D eigenvalue weighted by molar-refractivity contribution is 0.0600. The van der Waals surface area contributed by atoms with Crippen LogP contribution in [-0.2, 0) is 4.74 Å². The molecule has 1 aromatic heterocycles. The van der Waals surface area contributed by atoms with E-state index >= 15 is 0 Å². The Morgan fingerprint density at radius 1 is 1.11 bits per heavy atom. The molecule has 27 heavy (non-hydrogen) atoms. The van der Waals surface area contributed by atoms with Crippen LogP contribution in [0, 0.1) is 0 Å². The van der Waals surface area contributed by atoms with Gasteiger partial charge in [-0.3, -0.25) is 9.89 Å². The maximum Gasteiger partial charge on any atom is 0.337 e. The van der Waals surface area contributed by atoms with Gasteiger partial charge in [0, 0.05) is 22.7 Å². The second kappa shape index (κ2) is 7.03. The van der Waals surface area contributed by atoms with E-state index in [0.717, 1.165) is 24.2 Å². The third-order valence-corrected chi connectivity index (χ3v) is 4.41. The van der Waals surface area contributed by atoms with Gasteiger partial charge in [0.05, 0.1) is 12.7 Å². The van der Waals surface area contributed by atoms with Gasteiger partial charge in [0.15, 0.2) is 5.82 Å². The molecule has 1 saturated carbocycles. The molecule has 1 heterocycles. The molecule has 0 saturated heterocycles. The molecule has 1 aliphatic carbocycles. The molecule has 2 aromatic carbocycles. The molecule has 3 aromatic rings. The van der Waals surface area contributed by atoms with E-state index in [0.29, 0.717) is 28.6 Å². The van der Waals surface area contributed by atoms with Gasteiger partial charge >= 0.3 is 5.97 Å². The Hall–Kier alpha value is -3.48. The number of ether oxygens (including phenoxy) is 1. The fourth-order valence-electron chi connectivity index (χ4n) is 2.75. The van der Waals surface area contributed by atoms with Crippen molar-refractivity contribution < 1.29 is 14.3 Å². The highest BCUT2D eigenvalue weighted by atomic mass is 16.5. The second-order valence-electron chi connectivity index (χ2n) is 6.42. The van der Waals surface area contributed by atoms with Crippen LogP contribution in [0.3, 0.4) is 0 Å². The van der Waals surface area contributed by atoms with E-state index in [9.17, 15) is 9.59 Å². The van der Waals surface area contributed by atoms with Gasteiger partial charge in [0.25, 0.3) is 5.91 Å². The summed E-state index contributed by atoms with van der Waals surface area (Å²) in [6.07, 6.45) is 2.33. The zero-order valence-corrected chi connectivity index (χ0v) is 14.7. The van der Waals surface area contributed by atoms with Crippen LogP contribution in [0.2, 0.25) is 0 Å². The smallest absolute Gasteiger partial charge is 0.337 e. The van der Waals surface area contributed by atoms with Crippen LogP contribution in [0.4, 0.5) is 5.69 Å². The number of hydrogen-bond donors (Lipinski definition) is 2. The number of carbonyl (C=O) groups is 2. The van der Waals surface area contributed by atoms with Gasteiger partial charge in [-0.25, -0.2) is 9.78 Å². The molecule has 1 amide bonds. The average Bonchev–Trinajstić information content (AvgIpc) is 3.45. The molecule has 7 nitrogen and oxygen atoms in total. The van der Waals surface area contributed by atoms with E-state index in [-0.39, 0.29) is 5.91 Å². The first-order valence-corrected chi connectivity index (χ1v) is 8.66. The molecule has 0 spiro atoms. The summed E-state index contributed by atoms with van der Waals surface area (Å²) < 4.78 is 4.68. The van der Waals surface area contributed by atoms with E-state index in [1.807, 2.05) is 12.1 Å². The van der Waals surface area contributed by atoms with Crippen molar-refractivity contribution >= 4 is 17.6 Å². The standard InChI is InChI=1S/C20H18N4O3/c1-27-20(26)15-4-2-3-14(11-15)19(25)21-16-9-7-13(8-10-16)18-22-17(23-24-18)12-5-6-12/h2-4,7-12H,5-6H2,1H3,(H,21,25)(H,22,23,24). The minimum absolute atomic E-state index is 0.303. The third-order valence-electron chi connectivity index (χ3n) is 4.41. The highest BCUT2D eigenvalue weighted by Gasteiger charge is 2.27. The largest absolute Gasteiger partial charge is 0.465 e. The van der Waals surface area contributed by atoms with Crippen LogP contribution in [0.1, 0.15) is 45.3 Å². The van der Waals surface area contributed by atoms with Crippen molar-refractivity contribution in [2.24, 2.45) is 0 Å². The van der Waals surface area contributed by atoms with E-state index in [2.05, 4.69) is 25.2 Å². The molecule has 0 bridgehead atoms. The van der Waals surface area contributed by atoms with Crippen LogP contribution < -0.4 is 5.32 Å². The number of aromatic nitrogens is 3. The van der Waals surface area contributed by atoms with Gasteiger partial charge in [-0.05, 0) is 55.3 Å². The molecule has 0 radical (unpaired) electrons. The van der Waals surface area contributed by atoms with Crippen molar-refractivity contribution in [3.05, 3.63) is 65.5 Å². The summed E-state index contributed by atoms with van der Waals surface area (Å²) in [7, 11) is 1.30. The average molecular weight is 362 g/mol. The lowest BCUT2D eigenvalue weighted by Gasteiger charge is -2.07. The van der Waals surface area contributed by atoms with Crippen LogP contribution in [0.15, 0.2) is 48.5 Å². The number of anilines is 1. The number of nitrogens with one attached hydrogen (secondary N) is 2. The number of amides is 1. The summed E-state index contributed by atoms with van der Waals surface area (Å²) in [6, 6.07) is 13.7. The fourth-order valence-corrected chi connectivity index (χ4v) is 2.75. The van der Waals surface area contributed by atoms with E-state index in [1.54, 1.807) is 30.3 Å². The lowest BCUT2D eigenvalue weighted by Crippen LogP contribution is -2.13. The molecular weight excluding hydrogens is 344 g/mol. The monoisotopic (exact) mass is 362 g/mol. The molecule has 0 atom stereocenters. The summed E-state index contributed by atoms with van der Waals surface area (Å²) in [5.41, 5.74) is 2.23. The van der Waals surface area contributed by atoms with Crippen molar-refractivity contribution in [3.8, 4) is 11.4 Å². The maximum absolute atomic E-state index is 12.4. The lowest BCUT2D eigenvalue weighted by atomic mass is 10.1. The number of aromatic amines is 1. The predicted molar refractivity (Wildman–Crippen MR) is 99.5 cm³/mol. The van der Waals surface area contributed by atoms with Crippen molar-refractivity contribution in [1.82, 2.24) is 15.2 Å². The number of H-pyrrole nitrogens is 1. The first-order chi connectivity index (χ1) is 13.1. The normalized spacial score (nSPS) is 13.2. The van der Waals surface area contributed by atoms with Gasteiger partial charge in [-0.15, -0.1) is 0 Å². The fraction of sp³-hybridized carbons (Fsp3) is 0.200. The van der Waals surface area contributed by atoms with Crippen LogP contribution in [-0.4, -0.2) is 34.2 Å². The van der Waals surface area contributed by atoms with Crippen molar-refractivity contribution in [3.63, 3.8) is 0 Å². The summed E-state index contributed by atoms with van der Waals surface area (Å²) >= 11 is 0. The van der Waals surface area contributed by atoms with Gasteiger partial charge in [-0.2, -0.15) is 5.10 Å². The minimum atomic E-state index is -0.480. The number of carbonyl (C=O) groups excluding carboxylic acids is 2. The highest BCUT2D eigenvalue weighted by molar-refractivity contribution is 6.05. The molecule has 7 heteroatoms. The van der Waals surface area contributed by atoms with E-state index in [1.165, 1.54) is 13.2 Å². The predicted octanol–water partition coefficient (Wildman–Crippen LogP) is 3.39. The summed E-state index contributed by atoms with van der Waals surface area (Å²) in [6.45, 7) is 0. The van der Waals surface area contributed by atoms with Crippen molar-refractivity contribution in [2.45, 2.75) is 18.8 Å². The Labute approximate surface area is 155 Å². The quantitative estimate of drug-likeness (QED) is 0.678. The third kappa shape index (κ3) is 3.72. The molecule has 4 rings (SSSR count). The molecule has 1 aliphatic rings. The zero-order valence-electron chi connectivity index (χ0n) is 14.7. The summed E-state index contributed by atoms with van der Waals surface area (Å²) in [5.74, 6) is 1.33. The maximum atomic E-state index is 12.4. The van der Waals surface area contributed by atoms with Crippen molar-refractivity contribution in [2.75, 3.05) is 12.4 Å². The Morgan fingerprint density at radius 2 is 1.85 bits per heavy atom. The Bertz CT molecular complexity index is 990. The van der Waals surface area contributed by atoms with Gasteiger partial charge in [-0.1, -0.05) is 6.07 Å². The van der Waals surface area contributed by atoms with Gasteiger partial charge < -0.3 is 10.1 Å². The first kappa shape index (κ1) is 17.0. The van der Waals surface area contributed by atoms with Crippen LogP contribution >= 0.6 is 0 Å². The van der Waals surface area contributed by atoms with Crippen molar-refractivity contribution in [1.29, 1.82) is 0 Å². The summed E-state index contributed by atoms with van der Waals surface area (Å²) in [4.78, 5) is 28.5. The number of methoxy groups -OCH3 is 1. The second-order valence-corrected chi connectivity index (χ2v) is 6.42. The number of esters is 1. The Balaban J connectivity index is 1.46. The number of hydrogen-bond acceptors (Lipinski definition) is 5. The number of nitrogens with zero attached hydrogens (tertiary/aromatic N) is 2. The minimum Gasteiger partial charge on any atom is -0.465 e. The molecule has 2 N–H and O–H groups in total. The number of benzene rings is 2. The topological polar surface area (TPSA) is 97.0 Å².